The Labute approximate surface area is 196 Å². The van der Waals surface area contributed by atoms with Crippen LogP contribution in [-0.2, 0) is 10.0 Å². The van der Waals surface area contributed by atoms with Crippen LogP contribution in [0.3, 0.4) is 0 Å². The smallest absolute Gasteiger partial charge is 0.263 e. The number of nitrogens with zero attached hydrogens (tertiary/aromatic N) is 2. The number of anilines is 2. The highest BCUT2D eigenvalue weighted by molar-refractivity contribution is 7.92. The highest BCUT2D eigenvalue weighted by Gasteiger charge is 2.16. The van der Waals surface area contributed by atoms with Crippen LogP contribution in [0.15, 0.2) is 65.8 Å². The number of rotatable bonds is 8. The number of benzene rings is 2. The predicted octanol–water partition coefficient (Wildman–Crippen LogP) is 2.81. The SMILES string of the molecule is CCOc1ccc(C(=O)NC(=S)Nc2ccc(S(=O)(=O)Nc3cc(OC)ncn3)cc2)cc1. The van der Waals surface area contributed by atoms with Crippen LogP contribution in [0.5, 0.6) is 11.6 Å². The number of carbonyl (C=O) groups is 1. The minimum atomic E-state index is -3.88. The van der Waals surface area contributed by atoms with Crippen LogP contribution in [0.4, 0.5) is 11.5 Å². The predicted molar refractivity (Wildman–Crippen MR) is 127 cm³/mol. The molecule has 0 atom stereocenters. The fraction of sp³-hybridized carbons (Fsp3) is 0.143. The average molecular weight is 488 g/mol. The molecule has 1 amide bonds. The van der Waals surface area contributed by atoms with Gasteiger partial charge in [-0.1, -0.05) is 0 Å². The van der Waals surface area contributed by atoms with Crippen LogP contribution < -0.4 is 24.8 Å². The van der Waals surface area contributed by atoms with Gasteiger partial charge in [-0.2, -0.15) is 0 Å². The average Bonchev–Trinajstić information content (AvgIpc) is 2.80. The zero-order chi connectivity index (χ0) is 23.8. The third-order valence-electron chi connectivity index (χ3n) is 4.17. The number of carbonyl (C=O) groups excluding carboxylic acids is 1. The second-order valence-corrected chi connectivity index (χ2v) is 8.53. The number of hydrogen-bond donors (Lipinski definition) is 3. The first kappa shape index (κ1) is 23.9. The lowest BCUT2D eigenvalue weighted by molar-refractivity contribution is 0.0977. The number of ether oxygens (including phenoxy) is 2. The fourth-order valence-electron chi connectivity index (χ4n) is 2.63. The van der Waals surface area contributed by atoms with Crippen molar-refractivity contribution in [1.82, 2.24) is 15.3 Å². The zero-order valence-corrected chi connectivity index (χ0v) is 19.4. The lowest BCUT2D eigenvalue weighted by atomic mass is 10.2. The quantitative estimate of drug-likeness (QED) is 0.410. The van der Waals surface area contributed by atoms with E-state index in [0.717, 1.165) is 0 Å². The van der Waals surface area contributed by atoms with E-state index in [4.69, 9.17) is 21.7 Å². The van der Waals surface area contributed by atoms with Gasteiger partial charge in [-0.05, 0) is 67.7 Å². The first-order valence-electron chi connectivity index (χ1n) is 9.65. The largest absolute Gasteiger partial charge is 0.494 e. The van der Waals surface area contributed by atoms with Crippen LogP contribution in [0, 0.1) is 0 Å². The lowest BCUT2D eigenvalue weighted by Gasteiger charge is -2.11. The van der Waals surface area contributed by atoms with Crippen molar-refractivity contribution < 1.29 is 22.7 Å². The minimum Gasteiger partial charge on any atom is -0.494 e. The Balaban J connectivity index is 1.60. The Bertz CT molecular complexity index is 1230. The number of amides is 1. The van der Waals surface area contributed by atoms with E-state index in [2.05, 4.69) is 25.3 Å². The van der Waals surface area contributed by atoms with Crippen molar-refractivity contribution in [1.29, 1.82) is 0 Å². The maximum atomic E-state index is 12.6. The molecule has 1 heterocycles. The van der Waals surface area contributed by atoms with Crippen LogP contribution in [0.2, 0.25) is 0 Å². The third-order valence-corrected chi connectivity index (χ3v) is 5.74. The summed E-state index contributed by atoms with van der Waals surface area (Å²) in [5, 5.41) is 5.47. The van der Waals surface area contributed by atoms with E-state index in [9.17, 15) is 13.2 Å². The second kappa shape index (κ2) is 10.7. The van der Waals surface area contributed by atoms with Crippen molar-refractivity contribution in [3.05, 3.63) is 66.5 Å². The van der Waals surface area contributed by atoms with Crippen molar-refractivity contribution in [2.45, 2.75) is 11.8 Å². The number of thiocarbonyl (C=S) groups is 1. The summed E-state index contributed by atoms with van der Waals surface area (Å²) in [7, 11) is -2.47. The molecule has 0 aliphatic rings. The van der Waals surface area contributed by atoms with Crippen molar-refractivity contribution in [3.63, 3.8) is 0 Å². The van der Waals surface area contributed by atoms with Crippen LogP contribution in [0.25, 0.3) is 0 Å². The van der Waals surface area contributed by atoms with E-state index in [1.807, 2.05) is 6.92 Å². The molecule has 0 bridgehead atoms. The molecule has 3 aromatic rings. The van der Waals surface area contributed by atoms with Crippen LogP contribution >= 0.6 is 12.2 Å². The van der Waals surface area contributed by atoms with Crippen molar-refractivity contribution in [3.8, 4) is 11.6 Å². The molecule has 0 unspecified atom stereocenters. The highest BCUT2D eigenvalue weighted by atomic mass is 32.2. The maximum absolute atomic E-state index is 12.6. The van der Waals surface area contributed by atoms with Gasteiger partial charge in [-0.15, -0.1) is 0 Å². The summed E-state index contributed by atoms with van der Waals surface area (Å²) in [5.41, 5.74) is 0.908. The van der Waals surface area contributed by atoms with E-state index < -0.39 is 10.0 Å². The molecule has 10 nitrogen and oxygen atoms in total. The summed E-state index contributed by atoms with van der Waals surface area (Å²) in [6, 6.07) is 13.8. The maximum Gasteiger partial charge on any atom is 0.263 e. The highest BCUT2D eigenvalue weighted by Crippen LogP contribution is 2.19. The minimum absolute atomic E-state index is 0.00923. The topological polar surface area (TPSA) is 132 Å². The van der Waals surface area contributed by atoms with Crippen molar-refractivity contribution in [2.75, 3.05) is 23.8 Å². The molecule has 0 saturated heterocycles. The van der Waals surface area contributed by atoms with Crippen LogP contribution in [-0.4, -0.2) is 43.1 Å². The van der Waals surface area contributed by atoms with Crippen molar-refractivity contribution in [2.24, 2.45) is 0 Å². The second-order valence-electron chi connectivity index (χ2n) is 6.44. The Hall–Kier alpha value is -3.77. The van der Waals surface area contributed by atoms with Gasteiger partial charge in [0.25, 0.3) is 15.9 Å². The van der Waals surface area contributed by atoms with E-state index in [-0.39, 0.29) is 27.6 Å². The van der Waals surface area contributed by atoms with Gasteiger partial charge in [0.15, 0.2) is 5.11 Å². The molecular weight excluding hydrogens is 466 g/mol. The summed E-state index contributed by atoms with van der Waals surface area (Å²) < 4.78 is 37.8. The number of nitrogens with one attached hydrogen (secondary N) is 3. The lowest BCUT2D eigenvalue weighted by Crippen LogP contribution is -2.34. The van der Waals surface area contributed by atoms with Gasteiger partial charge in [0.05, 0.1) is 18.6 Å². The molecule has 2 aromatic carbocycles. The summed E-state index contributed by atoms with van der Waals surface area (Å²) in [5.74, 6) is 0.572. The molecule has 0 fully saturated rings. The Morgan fingerprint density at radius 2 is 1.76 bits per heavy atom. The zero-order valence-electron chi connectivity index (χ0n) is 17.7. The van der Waals surface area contributed by atoms with Gasteiger partial charge in [0.1, 0.15) is 17.9 Å². The van der Waals surface area contributed by atoms with Gasteiger partial charge in [-0.3, -0.25) is 14.8 Å². The molecule has 1 aromatic heterocycles. The van der Waals surface area contributed by atoms with Gasteiger partial charge in [0.2, 0.25) is 5.88 Å². The molecule has 0 saturated carbocycles. The van der Waals surface area contributed by atoms with Gasteiger partial charge >= 0.3 is 0 Å². The normalized spacial score (nSPS) is 10.7. The number of sulfonamides is 1. The Morgan fingerprint density at radius 1 is 1.06 bits per heavy atom. The third kappa shape index (κ3) is 6.60. The van der Waals surface area contributed by atoms with Gasteiger partial charge in [0, 0.05) is 17.3 Å². The summed E-state index contributed by atoms with van der Waals surface area (Å²) in [6.07, 6.45) is 1.19. The Kier molecular flexibility index (Phi) is 7.74. The molecule has 172 valence electrons. The van der Waals surface area contributed by atoms with Gasteiger partial charge in [-0.25, -0.2) is 18.4 Å². The standard InChI is InChI=1S/C21H21N5O5S2/c1-3-31-16-8-4-14(5-9-16)20(27)25-21(32)24-15-6-10-17(11-7-15)33(28,29)26-18-12-19(30-2)23-13-22-18/h4-13H,3H2,1-2H3,(H,22,23,26)(H2,24,25,27,32). The molecule has 3 N–H and O–H groups in total. The van der Waals surface area contributed by atoms with E-state index in [1.165, 1.54) is 43.8 Å². The first-order chi connectivity index (χ1) is 15.8. The molecule has 0 aliphatic carbocycles. The number of aromatic nitrogens is 2. The van der Waals surface area contributed by atoms with Crippen LogP contribution in [0.1, 0.15) is 17.3 Å². The Morgan fingerprint density at radius 3 is 2.39 bits per heavy atom. The molecule has 3 rings (SSSR count). The van der Waals surface area contributed by atoms with Crippen molar-refractivity contribution >= 4 is 44.8 Å². The fourth-order valence-corrected chi connectivity index (χ4v) is 3.84. The molecule has 0 radical (unpaired) electrons. The summed E-state index contributed by atoms with van der Waals surface area (Å²) >= 11 is 5.17. The van der Waals surface area contributed by atoms with E-state index >= 15 is 0 Å². The number of hydrogen-bond acceptors (Lipinski definition) is 8. The number of methoxy groups -OCH3 is 1. The molecule has 33 heavy (non-hydrogen) atoms. The van der Waals surface area contributed by atoms with E-state index in [1.54, 1.807) is 24.3 Å². The first-order valence-corrected chi connectivity index (χ1v) is 11.5. The molecule has 0 aliphatic heterocycles. The summed E-state index contributed by atoms with van der Waals surface area (Å²) in [4.78, 5) is 20.0. The summed E-state index contributed by atoms with van der Waals surface area (Å²) in [6.45, 7) is 2.41. The van der Waals surface area contributed by atoms with Gasteiger partial charge < -0.3 is 14.8 Å². The molecular formula is C21H21N5O5S2. The molecule has 12 heteroatoms. The monoisotopic (exact) mass is 487 g/mol. The van der Waals surface area contributed by atoms with E-state index in [0.29, 0.717) is 23.6 Å². The molecule has 0 spiro atoms.